The Balaban J connectivity index is 2.06. The van der Waals surface area contributed by atoms with Gasteiger partial charge in [0.2, 0.25) is 0 Å². The molecule has 1 atom stereocenters. The molecule has 1 aromatic rings. The first kappa shape index (κ1) is 16.4. The summed E-state index contributed by atoms with van der Waals surface area (Å²) in [5.41, 5.74) is 1.48. The molecule has 22 heavy (non-hydrogen) atoms. The molecule has 1 aromatic carbocycles. The Morgan fingerprint density at radius 3 is 3.00 bits per heavy atom. The highest BCUT2D eigenvalue weighted by molar-refractivity contribution is 5.89. The molecule has 1 aliphatic rings. The fourth-order valence-corrected chi connectivity index (χ4v) is 2.45. The Morgan fingerprint density at radius 2 is 2.27 bits per heavy atom. The smallest absolute Gasteiger partial charge is 0.337 e. The molecule has 1 heterocycles. The Hall–Kier alpha value is -2.01. The first-order valence-electron chi connectivity index (χ1n) is 7.60. The average molecular weight is 304 g/mol. The number of ether oxygens (including phenoxy) is 2. The molecule has 2 rings (SSSR count). The number of unbranched alkanes of at least 4 members (excludes halogenated alkanes) is 1. The van der Waals surface area contributed by atoms with E-state index in [4.69, 9.17) is 9.47 Å². The highest BCUT2D eigenvalue weighted by atomic mass is 16.5. The summed E-state index contributed by atoms with van der Waals surface area (Å²) in [7, 11) is 3.49. The van der Waals surface area contributed by atoms with E-state index in [9.17, 15) is 4.79 Å². The summed E-state index contributed by atoms with van der Waals surface area (Å²) in [6.07, 6.45) is 5.80. The van der Waals surface area contributed by atoms with Crippen LogP contribution in [0, 0.1) is 0 Å². The number of nitrogens with zero attached hydrogens (tertiary/aromatic N) is 2. The third-order valence-corrected chi connectivity index (χ3v) is 3.65. The minimum absolute atomic E-state index is 0.200. The molecule has 5 nitrogen and oxygen atoms in total. The van der Waals surface area contributed by atoms with E-state index in [-0.39, 0.29) is 12.2 Å². The number of esters is 1. The van der Waals surface area contributed by atoms with Crippen LogP contribution in [0.2, 0.25) is 0 Å². The number of hydrogen-bond donors (Lipinski definition) is 0. The highest BCUT2D eigenvalue weighted by Gasteiger charge is 2.24. The van der Waals surface area contributed by atoms with Gasteiger partial charge >= 0.3 is 5.97 Å². The number of methoxy groups -OCH3 is 1. The van der Waals surface area contributed by atoms with E-state index in [1.807, 2.05) is 24.4 Å². The van der Waals surface area contributed by atoms with Gasteiger partial charge in [0.05, 0.1) is 19.3 Å². The lowest BCUT2D eigenvalue weighted by molar-refractivity contribution is 0.0271. The van der Waals surface area contributed by atoms with Crippen molar-refractivity contribution < 1.29 is 14.3 Å². The molecule has 0 radical (unpaired) electrons. The van der Waals surface area contributed by atoms with Gasteiger partial charge in [-0.05, 0) is 32.1 Å². The van der Waals surface area contributed by atoms with Crippen LogP contribution in [0.4, 0.5) is 0 Å². The van der Waals surface area contributed by atoms with Crippen molar-refractivity contribution in [3.05, 3.63) is 47.9 Å². The Kier molecular flexibility index (Phi) is 5.83. The van der Waals surface area contributed by atoms with Crippen LogP contribution >= 0.6 is 0 Å². The largest absolute Gasteiger partial charge is 0.472 e. The van der Waals surface area contributed by atoms with Gasteiger partial charge in [0.1, 0.15) is 6.26 Å². The Bertz CT molecular complexity index is 530. The Morgan fingerprint density at radius 1 is 1.45 bits per heavy atom. The van der Waals surface area contributed by atoms with Gasteiger partial charge in [0.15, 0.2) is 6.23 Å². The van der Waals surface area contributed by atoms with Crippen molar-refractivity contribution in [3.63, 3.8) is 0 Å². The second-order valence-electron chi connectivity index (χ2n) is 5.48. The number of hydrogen-bond acceptors (Lipinski definition) is 5. The monoisotopic (exact) mass is 304 g/mol. The van der Waals surface area contributed by atoms with E-state index in [1.165, 1.54) is 20.0 Å². The molecule has 0 N–H and O–H groups in total. The molecule has 0 fully saturated rings. The molecular weight excluding hydrogens is 280 g/mol. The fraction of sp³-hybridized carbons (Fsp3) is 0.471. The predicted octanol–water partition coefficient (Wildman–Crippen LogP) is 2.96. The van der Waals surface area contributed by atoms with Crippen molar-refractivity contribution in [2.24, 2.45) is 0 Å². The zero-order valence-electron chi connectivity index (χ0n) is 13.5. The van der Waals surface area contributed by atoms with E-state index >= 15 is 0 Å². The molecule has 0 amide bonds. The van der Waals surface area contributed by atoms with Crippen molar-refractivity contribution in [2.45, 2.75) is 26.0 Å². The maximum atomic E-state index is 11.7. The zero-order valence-corrected chi connectivity index (χ0v) is 13.5. The van der Waals surface area contributed by atoms with E-state index < -0.39 is 0 Å². The number of rotatable bonds is 7. The van der Waals surface area contributed by atoms with Gasteiger partial charge in [-0.25, -0.2) is 4.79 Å². The Labute approximate surface area is 132 Å². The maximum absolute atomic E-state index is 11.7. The molecule has 0 bridgehead atoms. The SMILES string of the molecule is CCCCN(C)CN1C=COC1c1cccc(C(=O)OC)c1. The van der Waals surface area contributed by atoms with Crippen LogP contribution < -0.4 is 0 Å². The summed E-state index contributed by atoms with van der Waals surface area (Å²) in [6, 6.07) is 7.38. The van der Waals surface area contributed by atoms with Crippen LogP contribution in [0.3, 0.4) is 0 Å². The average Bonchev–Trinajstić information content (AvgIpc) is 3.00. The first-order valence-corrected chi connectivity index (χ1v) is 7.60. The van der Waals surface area contributed by atoms with Crippen LogP contribution in [0.1, 0.15) is 41.9 Å². The third-order valence-electron chi connectivity index (χ3n) is 3.65. The zero-order chi connectivity index (χ0) is 15.9. The lowest BCUT2D eigenvalue weighted by Crippen LogP contribution is -2.34. The lowest BCUT2D eigenvalue weighted by atomic mass is 10.1. The van der Waals surface area contributed by atoms with Crippen LogP contribution in [-0.2, 0) is 9.47 Å². The summed E-state index contributed by atoms with van der Waals surface area (Å²) >= 11 is 0. The molecule has 0 aliphatic carbocycles. The van der Waals surface area contributed by atoms with Gasteiger partial charge in [0, 0.05) is 11.8 Å². The van der Waals surface area contributed by atoms with Gasteiger partial charge in [-0.15, -0.1) is 0 Å². The van der Waals surface area contributed by atoms with Crippen molar-refractivity contribution in [3.8, 4) is 0 Å². The topological polar surface area (TPSA) is 42.0 Å². The summed E-state index contributed by atoms with van der Waals surface area (Å²) in [4.78, 5) is 16.0. The van der Waals surface area contributed by atoms with Crippen LogP contribution in [0.15, 0.2) is 36.7 Å². The summed E-state index contributed by atoms with van der Waals surface area (Å²) < 4.78 is 10.5. The van der Waals surface area contributed by atoms with Crippen molar-refractivity contribution in [1.82, 2.24) is 9.80 Å². The predicted molar refractivity (Wildman–Crippen MR) is 85.0 cm³/mol. The second-order valence-corrected chi connectivity index (χ2v) is 5.48. The summed E-state index contributed by atoms with van der Waals surface area (Å²) in [6.45, 7) is 4.02. The molecule has 1 aliphatic heterocycles. The molecule has 0 spiro atoms. The van der Waals surface area contributed by atoms with Gasteiger partial charge < -0.3 is 14.4 Å². The quantitative estimate of drug-likeness (QED) is 0.725. The summed E-state index contributed by atoms with van der Waals surface area (Å²) in [5, 5.41) is 0. The van der Waals surface area contributed by atoms with Gasteiger partial charge in [-0.2, -0.15) is 0 Å². The molecule has 120 valence electrons. The van der Waals surface area contributed by atoms with Gasteiger partial charge in [0.25, 0.3) is 0 Å². The molecule has 1 unspecified atom stereocenters. The summed E-state index contributed by atoms with van der Waals surface area (Å²) in [5.74, 6) is -0.334. The van der Waals surface area contributed by atoms with E-state index in [2.05, 4.69) is 23.8 Å². The van der Waals surface area contributed by atoms with Crippen LogP contribution in [0.5, 0.6) is 0 Å². The molecule has 0 saturated heterocycles. The first-order chi connectivity index (χ1) is 10.7. The van der Waals surface area contributed by atoms with Crippen LogP contribution in [0.25, 0.3) is 0 Å². The van der Waals surface area contributed by atoms with Crippen molar-refractivity contribution in [2.75, 3.05) is 27.4 Å². The highest BCUT2D eigenvalue weighted by Crippen LogP contribution is 2.28. The second kappa shape index (κ2) is 7.84. The molecule has 5 heteroatoms. The van der Waals surface area contributed by atoms with Gasteiger partial charge in [-0.1, -0.05) is 25.5 Å². The fourth-order valence-electron chi connectivity index (χ4n) is 2.45. The number of carbonyl (C=O) groups is 1. The maximum Gasteiger partial charge on any atom is 0.337 e. The molecule has 0 saturated carbocycles. The third kappa shape index (κ3) is 4.01. The number of carbonyl (C=O) groups excluding carboxylic acids is 1. The number of benzene rings is 1. The standard InChI is InChI=1S/C17H24N2O3/c1-4-5-9-18(2)13-19-10-11-22-16(19)14-7-6-8-15(12-14)17(20)21-3/h6-8,10-12,16H,4-5,9,13H2,1-3H3. The van der Waals surface area contributed by atoms with Crippen molar-refractivity contribution in [1.29, 1.82) is 0 Å². The molecule has 0 aromatic heterocycles. The van der Waals surface area contributed by atoms with Gasteiger partial charge in [-0.3, -0.25) is 4.90 Å². The van der Waals surface area contributed by atoms with Crippen LogP contribution in [-0.4, -0.2) is 43.1 Å². The van der Waals surface area contributed by atoms with E-state index in [1.54, 1.807) is 12.3 Å². The molecular formula is C17H24N2O3. The van der Waals surface area contributed by atoms with E-state index in [0.29, 0.717) is 5.56 Å². The normalized spacial score (nSPS) is 16.9. The minimum Gasteiger partial charge on any atom is -0.472 e. The lowest BCUT2D eigenvalue weighted by Gasteiger charge is -2.29. The van der Waals surface area contributed by atoms with E-state index in [0.717, 1.165) is 18.8 Å². The minimum atomic E-state index is -0.334. The van der Waals surface area contributed by atoms with Crippen molar-refractivity contribution >= 4 is 5.97 Å².